The number of nitrogens with two attached hydrogens (primary N) is 1. The van der Waals surface area contributed by atoms with E-state index in [1.54, 1.807) is 6.92 Å². The molecule has 0 saturated heterocycles. The average Bonchev–Trinajstić information content (AvgIpc) is 2.13. The van der Waals surface area contributed by atoms with Gasteiger partial charge in [0.15, 0.2) is 5.82 Å². The predicted octanol–water partition coefficient (Wildman–Crippen LogP) is 1.73. The van der Waals surface area contributed by atoms with Gasteiger partial charge >= 0.3 is 0 Å². The van der Waals surface area contributed by atoms with Crippen molar-refractivity contribution in [1.29, 1.82) is 0 Å². The average molecular weight is 216 g/mol. The molecule has 0 saturated carbocycles. The number of aliphatic hydroxyl groups is 1. The fourth-order valence-corrected chi connectivity index (χ4v) is 1.24. The van der Waals surface area contributed by atoms with E-state index in [9.17, 15) is 8.78 Å². The van der Waals surface area contributed by atoms with Gasteiger partial charge in [-0.1, -0.05) is 0 Å². The molecule has 84 valence electrons. The third-order valence-corrected chi connectivity index (χ3v) is 2.06. The van der Waals surface area contributed by atoms with Crippen LogP contribution in [-0.2, 0) is 0 Å². The first-order valence-electron chi connectivity index (χ1n) is 4.66. The van der Waals surface area contributed by atoms with Crippen molar-refractivity contribution in [3.63, 3.8) is 0 Å². The van der Waals surface area contributed by atoms with Crippen LogP contribution in [0.4, 0.5) is 20.2 Å². The molecule has 0 spiro atoms. The number of benzene rings is 1. The molecule has 1 atom stereocenters. The second-order valence-corrected chi connectivity index (χ2v) is 3.41. The SMILES string of the molecule is CC(CCO)Nc1cc(F)cc(F)c1N. The van der Waals surface area contributed by atoms with E-state index >= 15 is 0 Å². The molecule has 0 amide bonds. The Balaban J connectivity index is 2.84. The number of halogens is 2. The fraction of sp³-hybridized carbons (Fsp3) is 0.400. The normalized spacial score (nSPS) is 12.5. The van der Waals surface area contributed by atoms with Crippen LogP contribution >= 0.6 is 0 Å². The molecular formula is C10H14F2N2O. The summed E-state index contributed by atoms with van der Waals surface area (Å²) < 4.78 is 25.9. The Morgan fingerprint density at radius 2 is 2.13 bits per heavy atom. The molecule has 0 aliphatic heterocycles. The third kappa shape index (κ3) is 3.06. The fourth-order valence-electron chi connectivity index (χ4n) is 1.24. The van der Waals surface area contributed by atoms with E-state index in [4.69, 9.17) is 10.8 Å². The number of nitrogen functional groups attached to an aromatic ring is 1. The summed E-state index contributed by atoms with van der Waals surface area (Å²) >= 11 is 0. The van der Waals surface area contributed by atoms with Gasteiger partial charge in [-0.3, -0.25) is 0 Å². The molecule has 1 aromatic rings. The van der Waals surface area contributed by atoms with E-state index in [1.807, 2.05) is 0 Å². The van der Waals surface area contributed by atoms with Gasteiger partial charge in [-0.15, -0.1) is 0 Å². The largest absolute Gasteiger partial charge is 0.396 e. The van der Waals surface area contributed by atoms with Crippen molar-refractivity contribution in [2.75, 3.05) is 17.7 Å². The lowest BCUT2D eigenvalue weighted by Gasteiger charge is -2.16. The molecule has 3 nitrogen and oxygen atoms in total. The van der Waals surface area contributed by atoms with E-state index in [1.165, 1.54) is 0 Å². The Morgan fingerprint density at radius 1 is 1.47 bits per heavy atom. The summed E-state index contributed by atoms with van der Waals surface area (Å²) in [6.07, 6.45) is 0.484. The number of rotatable bonds is 4. The molecule has 1 unspecified atom stereocenters. The highest BCUT2D eigenvalue weighted by molar-refractivity contribution is 5.67. The summed E-state index contributed by atoms with van der Waals surface area (Å²) in [4.78, 5) is 0. The number of hydrogen-bond acceptors (Lipinski definition) is 3. The molecule has 0 aliphatic carbocycles. The van der Waals surface area contributed by atoms with Crippen LogP contribution in [0.25, 0.3) is 0 Å². The summed E-state index contributed by atoms with van der Waals surface area (Å²) in [5.41, 5.74) is 5.54. The van der Waals surface area contributed by atoms with Gasteiger partial charge < -0.3 is 16.2 Å². The Bertz CT molecular complexity index is 344. The lowest BCUT2D eigenvalue weighted by Crippen LogP contribution is -2.18. The number of aliphatic hydroxyl groups excluding tert-OH is 1. The van der Waals surface area contributed by atoms with Crippen LogP contribution < -0.4 is 11.1 Å². The highest BCUT2D eigenvalue weighted by Gasteiger charge is 2.10. The monoisotopic (exact) mass is 216 g/mol. The smallest absolute Gasteiger partial charge is 0.151 e. The molecule has 15 heavy (non-hydrogen) atoms. The molecule has 0 radical (unpaired) electrons. The second kappa shape index (κ2) is 4.93. The van der Waals surface area contributed by atoms with Gasteiger partial charge in [0.1, 0.15) is 5.82 Å². The van der Waals surface area contributed by atoms with Crippen molar-refractivity contribution >= 4 is 11.4 Å². The first-order valence-corrected chi connectivity index (χ1v) is 4.66. The number of hydrogen-bond donors (Lipinski definition) is 3. The predicted molar refractivity (Wildman–Crippen MR) is 55.6 cm³/mol. The zero-order chi connectivity index (χ0) is 11.4. The van der Waals surface area contributed by atoms with E-state index in [-0.39, 0.29) is 24.0 Å². The standard InChI is InChI=1S/C10H14F2N2O/c1-6(2-3-15)14-9-5-7(11)4-8(12)10(9)13/h4-6,14-15H,2-3,13H2,1H3. The molecule has 0 aromatic heterocycles. The Morgan fingerprint density at radius 3 is 2.73 bits per heavy atom. The lowest BCUT2D eigenvalue weighted by molar-refractivity contribution is 0.282. The highest BCUT2D eigenvalue weighted by atomic mass is 19.1. The van der Waals surface area contributed by atoms with Crippen LogP contribution in [0.1, 0.15) is 13.3 Å². The Hall–Kier alpha value is -1.36. The van der Waals surface area contributed by atoms with Gasteiger partial charge in [-0.2, -0.15) is 0 Å². The number of anilines is 2. The third-order valence-electron chi connectivity index (χ3n) is 2.06. The van der Waals surface area contributed by atoms with Crippen molar-refractivity contribution < 1.29 is 13.9 Å². The van der Waals surface area contributed by atoms with E-state index in [0.717, 1.165) is 12.1 Å². The maximum absolute atomic E-state index is 13.0. The topological polar surface area (TPSA) is 58.3 Å². The second-order valence-electron chi connectivity index (χ2n) is 3.41. The number of nitrogens with one attached hydrogen (secondary N) is 1. The van der Waals surface area contributed by atoms with Crippen LogP contribution in [0.15, 0.2) is 12.1 Å². The first kappa shape index (κ1) is 11.7. The summed E-state index contributed by atoms with van der Waals surface area (Å²) in [6, 6.07) is 1.77. The summed E-state index contributed by atoms with van der Waals surface area (Å²) in [7, 11) is 0. The van der Waals surface area contributed by atoms with Crippen molar-refractivity contribution in [3.05, 3.63) is 23.8 Å². The zero-order valence-corrected chi connectivity index (χ0v) is 8.43. The van der Waals surface area contributed by atoms with Crippen molar-refractivity contribution in [2.45, 2.75) is 19.4 Å². The van der Waals surface area contributed by atoms with E-state index < -0.39 is 11.6 Å². The van der Waals surface area contributed by atoms with Crippen molar-refractivity contribution in [1.82, 2.24) is 0 Å². The minimum atomic E-state index is -0.784. The van der Waals surface area contributed by atoms with Crippen LogP contribution in [0.5, 0.6) is 0 Å². The molecule has 0 bridgehead atoms. The summed E-state index contributed by atoms with van der Waals surface area (Å²) in [5, 5.41) is 11.5. The van der Waals surface area contributed by atoms with E-state index in [0.29, 0.717) is 6.42 Å². The summed E-state index contributed by atoms with van der Waals surface area (Å²) in [5.74, 6) is -1.46. The Labute approximate surface area is 86.9 Å². The molecular weight excluding hydrogens is 202 g/mol. The van der Waals surface area contributed by atoms with Gasteiger partial charge in [0.2, 0.25) is 0 Å². The van der Waals surface area contributed by atoms with Crippen molar-refractivity contribution in [3.8, 4) is 0 Å². The van der Waals surface area contributed by atoms with Gasteiger partial charge in [0.25, 0.3) is 0 Å². The molecule has 5 heteroatoms. The zero-order valence-electron chi connectivity index (χ0n) is 8.43. The lowest BCUT2D eigenvalue weighted by atomic mass is 10.2. The first-order chi connectivity index (χ1) is 7.04. The molecule has 4 N–H and O–H groups in total. The molecule has 0 aliphatic rings. The van der Waals surface area contributed by atoms with Gasteiger partial charge in [-0.05, 0) is 19.4 Å². The van der Waals surface area contributed by atoms with Crippen LogP contribution in [0.3, 0.4) is 0 Å². The minimum Gasteiger partial charge on any atom is -0.396 e. The highest BCUT2D eigenvalue weighted by Crippen LogP contribution is 2.24. The maximum Gasteiger partial charge on any atom is 0.151 e. The molecule has 0 fully saturated rings. The molecule has 1 rings (SSSR count). The van der Waals surface area contributed by atoms with Crippen LogP contribution in [-0.4, -0.2) is 17.8 Å². The Kier molecular flexibility index (Phi) is 3.85. The van der Waals surface area contributed by atoms with Gasteiger partial charge in [0, 0.05) is 18.7 Å². The van der Waals surface area contributed by atoms with E-state index in [2.05, 4.69) is 5.32 Å². The van der Waals surface area contributed by atoms with Crippen molar-refractivity contribution in [2.24, 2.45) is 0 Å². The maximum atomic E-state index is 13.0. The summed E-state index contributed by atoms with van der Waals surface area (Å²) in [6.45, 7) is 1.80. The molecule has 0 heterocycles. The van der Waals surface area contributed by atoms with Crippen LogP contribution in [0.2, 0.25) is 0 Å². The molecule has 1 aromatic carbocycles. The minimum absolute atomic E-state index is 0.00582. The quantitative estimate of drug-likeness (QED) is 0.672. The van der Waals surface area contributed by atoms with Gasteiger partial charge in [0.05, 0.1) is 11.4 Å². The van der Waals surface area contributed by atoms with Gasteiger partial charge in [-0.25, -0.2) is 8.78 Å². The van der Waals surface area contributed by atoms with Crippen LogP contribution in [0, 0.1) is 11.6 Å².